The fraction of sp³-hybridized carbons (Fsp3) is 0.600. The Morgan fingerprint density at radius 1 is 1.05 bits per heavy atom. The van der Waals surface area contributed by atoms with E-state index in [1.54, 1.807) is 0 Å². The van der Waals surface area contributed by atoms with Crippen LogP contribution in [-0.4, -0.2) is 72.3 Å². The van der Waals surface area contributed by atoms with Crippen LogP contribution in [0.25, 0.3) is 0 Å². The van der Waals surface area contributed by atoms with Crippen molar-refractivity contribution in [3.63, 3.8) is 0 Å². The van der Waals surface area contributed by atoms with Crippen molar-refractivity contribution < 1.29 is 9.59 Å². The number of piperazine rings is 1. The van der Waals surface area contributed by atoms with Gasteiger partial charge in [-0.15, -0.1) is 11.3 Å². The first-order chi connectivity index (χ1) is 10.6. The number of nitrogens with zero attached hydrogens (tertiary/aromatic N) is 3. The van der Waals surface area contributed by atoms with Crippen molar-refractivity contribution in [2.75, 3.05) is 45.8 Å². The summed E-state index contributed by atoms with van der Waals surface area (Å²) in [6.07, 6.45) is 2.26. The molecule has 0 saturated carbocycles. The van der Waals surface area contributed by atoms with Crippen LogP contribution in [0.5, 0.6) is 0 Å². The van der Waals surface area contributed by atoms with E-state index in [1.807, 2.05) is 21.2 Å². The highest BCUT2D eigenvalue weighted by Gasteiger charge is 2.26. The van der Waals surface area contributed by atoms with Crippen molar-refractivity contribution in [2.45, 2.75) is 12.8 Å². The molecule has 2 aliphatic heterocycles. The lowest BCUT2D eigenvalue weighted by Crippen LogP contribution is -2.51. The number of thiophene rings is 1. The van der Waals surface area contributed by atoms with E-state index in [4.69, 9.17) is 0 Å². The Morgan fingerprint density at radius 3 is 2.32 bits per heavy atom. The minimum Gasteiger partial charge on any atom is -0.342 e. The Kier molecular flexibility index (Phi) is 5.15. The third kappa shape index (κ3) is 3.70. The molecule has 0 aromatic carbocycles. The van der Waals surface area contributed by atoms with E-state index in [-0.39, 0.29) is 11.8 Å². The van der Waals surface area contributed by atoms with E-state index < -0.39 is 0 Å². The first kappa shape index (κ1) is 16.0. The van der Waals surface area contributed by atoms with Gasteiger partial charge in [0.05, 0.1) is 15.9 Å². The van der Waals surface area contributed by atoms with Crippen molar-refractivity contribution >= 4 is 39.1 Å². The highest BCUT2D eigenvalue weighted by Crippen LogP contribution is 2.22. The van der Waals surface area contributed by atoms with Crippen LogP contribution in [-0.2, 0) is 4.79 Å². The first-order valence-electron chi connectivity index (χ1n) is 7.67. The van der Waals surface area contributed by atoms with Gasteiger partial charge >= 0.3 is 0 Å². The molecule has 3 heterocycles. The van der Waals surface area contributed by atoms with Crippen molar-refractivity contribution in [3.05, 3.63) is 20.8 Å². The molecular weight excluding hydrogens is 366 g/mol. The largest absolute Gasteiger partial charge is 0.342 e. The highest BCUT2D eigenvalue weighted by molar-refractivity contribution is 9.11. The fourth-order valence-electron chi connectivity index (χ4n) is 2.97. The molecule has 2 aliphatic rings. The molecule has 0 aliphatic carbocycles. The highest BCUT2D eigenvalue weighted by atomic mass is 79.9. The van der Waals surface area contributed by atoms with Crippen molar-refractivity contribution in [1.29, 1.82) is 0 Å². The Morgan fingerprint density at radius 2 is 1.73 bits per heavy atom. The quantitative estimate of drug-likeness (QED) is 0.797. The van der Waals surface area contributed by atoms with Gasteiger partial charge in [0, 0.05) is 44.6 Å². The molecule has 7 heteroatoms. The molecule has 5 nitrogen and oxygen atoms in total. The van der Waals surface area contributed by atoms with Crippen LogP contribution < -0.4 is 0 Å². The van der Waals surface area contributed by atoms with Gasteiger partial charge in [-0.2, -0.15) is 0 Å². The minimum atomic E-state index is 0.0902. The molecule has 0 N–H and O–H groups in total. The summed E-state index contributed by atoms with van der Waals surface area (Å²) >= 11 is 4.92. The molecule has 2 fully saturated rings. The summed E-state index contributed by atoms with van der Waals surface area (Å²) in [5.41, 5.74) is 0.749. The van der Waals surface area contributed by atoms with Crippen LogP contribution in [0.2, 0.25) is 0 Å². The van der Waals surface area contributed by atoms with E-state index in [0.717, 1.165) is 48.4 Å². The molecule has 0 atom stereocenters. The van der Waals surface area contributed by atoms with Crippen LogP contribution >= 0.6 is 27.3 Å². The second-order valence-electron chi connectivity index (χ2n) is 5.80. The molecular formula is C15H20BrN3O2S. The summed E-state index contributed by atoms with van der Waals surface area (Å²) in [5, 5.41) is 1.88. The van der Waals surface area contributed by atoms with Gasteiger partial charge in [0.2, 0.25) is 5.91 Å². The van der Waals surface area contributed by atoms with E-state index in [2.05, 4.69) is 20.8 Å². The molecule has 0 spiro atoms. The minimum absolute atomic E-state index is 0.0902. The molecule has 3 rings (SSSR count). The Hall–Kier alpha value is -0.920. The van der Waals surface area contributed by atoms with Crippen LogP contribution in [0.1, 0.15) is 23.2 Å². The molecule has 22 heavy (non-hydrogen) atoms. The summed E-state index contributed by atoms with van der Waals surface area (Å²) in [6, 6.07) is 1.87. The zero-order valence-corrected chi connectivity index (χ0v) is 14.9. The monoisotopic (exact) mass is 385 g/mol. The maximum absolute atomic E-state index is 12.4. The number of carbonyl (C=O) groups is 2. The summed E-state index contributed by atoms with van der Waals surface area (Å²) in [5.74, 6) is 0.325. The van der Waals surface area contributed by atoms with Gasteiger partial charge in [-0.25, -0.2) is 0 Å². The van der Waals surface area contributed by atoms with Crippen LogP contribution in [0.3, 0.4) is 0 Å². The number of hydrogen-bond donors (Lipinski definition) is 0. The van der Waals surface area contributed by atoms with Gasteiger partial charge in [-0.05, 0) is 34.8 Å². The predicted molar refractivity (Wildman–Crippen MR) is 90.2 cm³/mol. The van der Waals surface area contributed by atoms with Gasteiger partial charge in [0.25, 0.3) is 5.91 Å². The normalized spacial score (nSPS) is 19.7. The second-order valence-corrected chi connectivity index (χ2v) is 8.09. The molecule has 0 radical (unpaired) electrons. The first-order valence-corrected chi connectivity index (χ1v) is 9.34. The number of likely N-dealkylation sites (tertiary alicyclic amines) is 1. The smallest absolute Gasteiger partial charge is 0.254 e. The SMILES string of the molecule is O=C(CN1CCN(C(=O)c2csc(Br)c2)CC1)N1CCCC1. The number of hydrogen-bond acceptors (Lipinski definition) is 4. The lowest BCUT2D eigenvalue weighted by molar-refractivity contribution is -0.131. The van der Waals surface area contributed by atoms with E-state index in [1.165, 1.54) is 11.3 Å². The molecule has 0 unspecified atom stereocenters. The molecule has 120 valence electrons. The standard InChI is InChI=1S/C15H20BrN3O2S/c16-13-9-12(11-22-13)15(21)19-7-5-17(6-8-19)10-14(20)18-3-1-2-4-18/h9,11H,1-8,10H2. The number of carbonyl (C=O) groups excluding carboxylic acids is 2. The predicted octanol–water partition coefficient (Wildman–Crippen LogP) is 1.89. The average Bonchev–Trinajstić information content (AvgIpc) is 3.18. The summed E-state index contributed by atoms with van der Waals surface area (Å²) in [7, 11) is 0. The van der Waals surface area contributed by atoms with Crippen molar-refractivity contribution in [3.8, 4) is 0 Å². The second kappa shape index (κ2) is 7.10. The third-order valence-corrected chi connectivity index (χ3v) is 5.80. The van der Waals surface area contributed by atoms with Crippen LogP contribution in [0.15, 0.2) is 15.2 Å². The maximum atomic E-state index is 12.4. The number of halogens is 1. The number of rotatable bonds is 3. The molecule has 1 aromatic rings. The third-order valence-electron chi connectivity index (χ3n) is 4.29. The lowest BCUT2D eigenvalue weighted by Gasteiger charge is -2.34. The zero-order valence-electron chi connectivity index (χ0n) is 12.5. The van der Waals surface area contributed by atoms with Gasteiger partial charge < -0.3 is 9.80 Å². The Bertz CT molecular complexity index is 549. The summed E-state index contributed by atoms with van der Waals surface area (Å²) in [6.45, 7) is 5.24. The maximum Gasteiger partial charge on any atom is 0.254 e. The molecule has 2 saturated heterocycles. The number of amides is 2. The summed E-state index contributed by atoms with van der Waals surface area (Å²) < 4.78 is 0.977. The van der Waals surface area contributed by atoms with Gasteiger partial charge in [0.15, 0.2) is 0 Å². The van der Waals surface area contributed by atoms with E-state index in [9.17, 15) is 9.59 Å². The van der Waals surface area contributed by atoms with Gasteiger partial charge in [-0.3, -0.25) is 14.5 Å². The van der Waals surface area contributed by atoms with Gasteiger partial charge in [0.1, 0.15) is 0 Å². The lowest BCUT2D eigenvalue weighted by atomic mass is 10.2. The van der Waals surface area contributed by atoms with Crippen molar-refractivity contribution in [2.24, 2.45) is 0 Å². The fourth-order valence-corrected chi connectivity index (χ4v) is 4.10. The summed E-state index contributed by atoms with van der Waals surface area (Å²) in [4.78, 5) is 30.5. The van der Waals surface area contributed by atoms with Gasteiger partial charge in [-0.1, -0.05) is 0 Å². The van der Waals surface area contributed by atoms with Crippen LogP contribution in [0.4, 0.5) is 0 Å². The Labute approximate surface area is 143 Å². The molecule has 1 aromatic heterocycles. The molecule has 2 amide bonds. The van der Waals surface area contributed by atoms with Crippen molar-refractivity contribution in [1.82, 2.24) is 14.7 Å². The van der Waals surface area contributed by atoms with E-state index >= 15 is 0 Å². The zero-order chi connectivity index (χ0) is 15.5. The average molecular weight is 386 g/mol. The van der Waals surface area contributed by atoms with Crippen LogP contribution in [0, 0.1) is 0 Å². The molecule has 0 bridgehead atoms. The Balaban J connectivity index is 1.47. The van der Waals surface area contributed by atoms with E-state index in [0.29, 0.717) is 19.6 Å². The topological polar surface area (TPSA) is 43.9 Å².